The van der Waals surface area contributed by atoms with E-state index in [0.717, 1.165) is 13.0 Å². The van der Waals surface area contributed by atoms with E-state index in [1.165, 1.54) is 53.5 Å². The van der Waals surface area contributed by atoms with Crippen LogP contribution in [0.4, 0.5) is 0 Å². The third kappa shape index (κ3) is 2.87. The van der Waals surface area contributed by atoms with Gasteiger partial charge in [0.05, 0.1) is 0 Å². The highest BCUT2D eigenvalue weighted by molar-refractivity contribution is 5.90. The Balaban J connectivity index is 1.78. The second-order valence-corrected chi connectivity index (χ2v) is 6.87. The van der Waals surface area contributed by atoms with Crippen LogP contribution < -0.4 is 0 Å². The molecule has 0 bridgehead atoms. The molecule has 0 aliphatic carbocycles. The molecule has 1 aromatic heterocycles. The van der Waals surface area contributed by atoms with Crippen molar-refractivity contribution >= 4 is 10.9 Å². The molecule has 0 spiro atoms. The summed E-state index contributed by atoms with van der Waals surface area (Å²) in [5.74, 6) is 0. The molecule has 2 heteroatoms. The number of fused-ring (bicyclic) bond motifs is 1. The monoisotopic (exact) mass is 318 g/mol. The topological polar surface area (TPSA) is 19.0 Å². The fraction of sp³-hybridized carbons (Fsp3) is 0.364. The molecular formula is C22H26N2. The lowest BCUT2D eigenvalue weighted by Gasteiger charge is -2.35. The average molecular weight is 318 g/mol. The normalized spacial score (nSPS) is 19.0. The molecule has 4 rings (SSSR count). The number of benzene rings is 2. The van der Waals surface area contributed by atoms with Crippen molar-refractivity contribution in [1.82, 2.24) is 9.88 Å². The number of likely N-dealkylation sites (N-methyl/N-ethyl adjacent to an activating group) is 1. The molecule has 0 saturated carbocycles. The third-order valence-electron chi connectivity index (χ3n) is 5.47. The lowest BCUT2D eigenvalue weighted by atomic mass is 9.93. The van der Waals surface area contributed by atoms with E-state index in [0.29, 0.717) is 6.04 Å². The van der Waals surface area contributed by atoms with Gasteiger partial charge in [-0.05, 0) is 49.5 Å². The summed E-state index contributed by atoms with van der Waals surface area (Å²) in [5.41, 5.74) is 5.34. The Bertz CT molecular complexity index is 803. The van der Waals surface area contributed by atoms with Gasteiger partial charge in [-0.3, -0.25) is 0 Å². The molecule has 1 saturated heterocycles. The van der Waals surface area contributed by atoms with Crippen molar-refractivity contribution in [1.29, 1.82) is 0 Å². The molecule has 1 aliphatic heterocycles. The van der Waals surface area contributed by atoms with Crippen molar-refractivity contribution in [2.45, 2.75) is 38.6 Å². The lowest BCUT2D eigenvalue weighted by molar-refractivity contribution is 0.156. The molecule has 2 aromatic carbocycles. The first-order chi connectivity index (χ1) is 11.9. The highest BCUT2D eigenvalue weighted by Gasteiger charge is 2.24. The van der Waals surface area contributed by atoms with E-state index in [1.807, 2.05) is 0 Å². The summed E-state index contributed by atoms with van der Waals surface area (Å²) in [4.78, 5) is 6.35. The summed E-state index contributed by atoms with van der Waals surface area (Å²) < 4.78 is 0. The molecule has 2 heterocycles. The van der Waals surface area contributed by atoms with Gasteiger partial charge in [-0.2, -0.15) is 0 Å². The Morgan fingerprint density at radius 2 is 1.79 bits per heavy atom. The Morgan fingerprint density at radius 1 is 1.00 bits per heavy atom. The lowest BCUT2D eigenvalue weighted by Crippen LogP contribution is -2.40. The maximum Gasteiger partial charge on any atom is 0.0497 e. The SMILES string of the molecule is CCN1CCCCC1Cc1c(-c2ccccc2)[nH]c2ccccc12. The number of likely N-dealkylation sites (tertiary alicyclic amines) is 1. The number of para-hydroxylation sites is 1. The molecule has 1 atom stereocenters. The van der Waals surface area contributed by atoms with Crippen LogP contribution in [0.1, 0.15) is 31.7 Å². The van der Waals surface area contributed by atoms with Crippen molar-refractivity contribution < 1.29 is 0 Å². The zero-order chi connectivity index (χ0) is 16.4. The van der Waals surface area contributed by atoms with E-state index < -0.39 is 0 Å². The molecule has 0 radical (unpaired) electrons. The molecule has 124 valence electrons. The summed E-state index contributed by atoms with van der Waals surface area (Å²) in [5, 5.41) is 1.39. The molecule has 1 N–H and O–H groups in total. The van der Waals surface area contributed by atoms with Crippen LogP contribution >= 0.6 is 0 Å². The molecular weight excluding hydrogens is 292 g/mol. The van der Waals surface area contributed by atoms with Gasteiger partial charge in [0.15, 0.2) is 0 Å². The predicted molar refractivity (Wildman–Crippen MR) is 102 cm³/mol. The number of H-pyrrole nitrogens is 1. The number of piperidine rings is 1. The summed E-state index contributed by atoms with van der Waals surface area (Å²) in [6.07, 6.45) is 5.18. The van der Waals surface area contributed by atoms with Crippen molar-refractivity contribution in [3.8, 4) is 11.3 Å². The molecule has 2 nitrogen and oxygen atoms in total. The van der Waals surface area contributed by atoms with Crippen LogP contribution in [0.5, 0.6) is 0 Å². The van der Waals surface area contributed by atoms with Crippen molar-refractivity contribution in [3.63, 3.8) is 0 Å². The van der Waals surface area contributed by atoms with Crippen LogP contribution in [0, 0.1) is 0 Å². The Morgan fingerprint density at radius 3 is 2.62 bits per heavy atom. The van der Waals surface area contributed by atoms with Gasteiger partial charge in [0.2, 0.25) is 0 Å². The average Bonchev–Trinajstić information content (AvgIpc) is 3.02. The largest absolute Gasteiger partial charge is 0.354 e. The van der Waals surface area contributed by atoms with E-state index >= 15 is 0 Å². The summed E-state index contributed by atoms with van der Waals surface area (Å²) in [6.45, 7) is 4.71. The minimum Gasteiger partial charge on any atom is -0.354 e. The van der Waals surface area contributed by atoms with Crippen LogP contribution in [0.2, 0.25) is 0 Å². The predicted octanol–water partition coefficient (Wildman–Crippen LogP) is 5.25. The van der Waals surface area contributed by atoms with E-state index in [1.54, 1.807) is 0 Å². The Labute approximate surface area is 144 Å². The first-order valence-electron chi connectivity index (χ1n) is 9.26. The molecule has 0 amide bonds. The number of nitrogens with zero attached hydrogens (tertiary/aromatic N) is 1. The first-order valence-corrected chi connectivity index (χ1v) is 9.26. The molecule has 1 aliphatic rings. The minimum atomic E-state index is 0.672. The number of aromatic nitrogens is 1. The molecule has 1 unspecified atom stereocenters. The van der Waals surface area contributed by atoms with Crippen LogP contribution in [0.25, 0.3) is 22.2 Å². The number of aromatic amines is 1. The van der Waals surface area contributed by atoms with E-state index in [9.17, 15) is 0 Å². The Hall–Kier alpha value is -2.06. The van der Waals surface area contributed by atoms with Gasteiger partial charge in [-0.1, -0.05) is 61.9 Å². The zero-order valence-corrected chi connectivity index (χ0v) is 14.5. The van der Waals surface area contributed by atoms with Crippen LogP contribution in [-0.4, -0.2) is 29.0 Å². The second-order valence-electron chi connectivity index (χ2n) is 6.87. The summed E-state index contributed by atoms with van der Waals surface area (Å²) in [6, 6.07) is 20.2. The van der Waals surface area contributed by atoms with Gasteiger partial charge < -0.3 is 9.88 Å². The maximum atomic E-state index is 3.68. The maximum absolute atomic E-state index is 3.68. The van der Waals surface area contributed by atoms with Gasteiger partial charge >= 0.3 is 0 Å². The van der Waals surface area contributed by atoms with E-state index in [4.69, 9.17) is 0 Å². The number of rotatable bonds is 4. The third-order valence-corrected chi connectivity index (χ3v) is 5.47. The number of hydrogen-bond acceptors (Lipinski definition) is 1. The van der Waals surface area contributed by atoms with Crippen LogP contribution in [0.15, 0.2) is 54.6 Å². The van der Waals surface area contributed by atoms with E-state index in [2.05, 4.69) is 71.4 Å². The quantitative estimate of drug-likeness (QED) is 0.696. The van der Waals surface area contributed by atoms with Crippen molar-refractivity contribution in [3.05, 3.63) is 60.2 Å². The first kappa shape index (κ1) is 15.5. The van der Waals surface area contributed by atoms with Gasteiger partial charge in [-0.15, -0.1) is 0 Å². The van der Waals surface area contributed by atoms with E-state index in [-0.39, 0.29) is 0 Å². The number of nitrogens with one attached hydrogen (secondary N) is 1. The minimum absolute atomic E-state index is 0.672. The van der Waals surface area contributed by atoms with Gasteiger partial charge in [-0.25, -0.2) is 0 Å². The van der Waals surface area contributed by atoms with Crippen LogP contribution in [-0.2, 0) is 6.42 Å². The summed E-state index contributed by atoms with van der Waals surface area (Å²) in [7, 11) is 0. The van der Waals surface area contributed by atoms with Gasteiger partial charge in [0, 0.05) is 22.6 Å². The fourth-order valence-corrected chi connectivity index (χ4v) is 4.21. The zero-order valence-electron chi connectivity index (χ0n) is 14.5. The Kier molecular flexibility index (Phi) is 4.40. The highest BCUT2D eigenvalue weighted by atomic mass is 15.2. The van der Waals surface area contributed by atoms with Gasteiger partial charge in [0.25, 0.3) is 0 Å². The smallest absolute Gasteiger partial charge is 0.0497 e. The standard InChI is InChI=1S/C22H26N2/c1-2-24-15-9-8-12-18(24)16-20-19-13-6-7-14-21(19)23-22(20)17-10-4-3-5-11-17/h3-7,10-11,13-14,18,23H,2,8-9,12,15-16H2,1H3. The second kappa shape index (κ2) is 6.82. The fourth-order valence-electron chi connectivity index (χ4n) is 4.21. The number of hydrogen-bond donors (Lipinski definition) is 1. The van der Waals surface area contributed by atoms with Crippen LogP contribution in [0.3, 0.4) is 0 Å². The highest BCUT2D eigenvalue weighted by Crippen LogP contribution is 2.33. The van der Waals surface area contributed by atoms with Gasteiger partial charge in [0.1, 0.15) is 0 Å². The molecule has 3 aromatic rings. The van der Waals surface area contributed by atoms with Crippen molar-refractivity contribution in [2.24, 2.45) is 0 Å². The molecule has 1 fully saturated rings. The summed E-state index contributed by atoms with van der Waals surface area (Å²) >= 11 is 0. The molecule has 24 heavy (non-hydrogen) atoms. The van der Waals surface area contributed by atoms with Crippen molar-refractivity contribution in [2.75, 3.05) is 13.1 Å².